The van der Waals surface area contributed by atoms with E-state index >= 15 is 0 Å². The van der Waals surface area contributed by atoms with Crippen LogP contribution in [0.4, 0.5) is 0 Å². The van der Waals surface area contributed by atoms with Crippen molar-refractivity contribution in [3.63, 3.8) is 0 Å². The molecule has 1 aliphatic carbocycles. The van der Waals surface area contributed by atoms with Gasteiger partial charge in [-0.1, -0.05) is 0 Å². The van der Waals surface area contributed by atoms with Crippen LogP contribution in [0, 0.1) is 25.7 Å². The number of rotatable bonds is 5. The second kappa shape index (κ2) is 7.66. The van der Waals surface area contributed by atoms with Crippen LogP contribution in [0.25, 0.3) is 0 Å². The van der Waals surface area contributed by atoms with E-state index in [-0.39, 0.29) is 30.0 Å². The van der Waals surface area contributed by atoms with Crippen molar-refractivity contribution in [1.29, 1.82) is 0 Å². The number of nitrogens with zero attached hydrogens (tertiary/aromatic N) is 1. The van der Waals surface area contributed by atoms with Gasteiger partial charge >= 0.3 is 0 Å². The Balaban J connectivity index is 1.69. The molecule has 1 unspecified atom stereocenters. The molecule has 1 amide bonds. The van der Waals surface area contributed by atoms with Crippen LogP contribution in [0.15, 0.2) is 4.79 Å². The molecule has 1 aromatic heterocycles. The Morgan fingerprint density at radius 2 is 1.96 bits per heavy atom. The first-order valence-electron chi connectivity index (χ1n) is 9.18. The zero-order chi connectivity index (χ0) is 18.0. The summed E-state index contributed by atoms with van der Waals surface area (Å²) in [6, 6.07) is 0.0794. The molecule has 0 radical (unpaired) electrons. The molecule has 1 atom stereocenters. The number of piperidine rings is 1. The number of aryl methyl sites for hydroxylation is 2. The zero-order valence-electron chi connectivity index (χ0n) is 15.0. The number of carbonyl (C=O) groups is 1. The lowest BCUT2D eigenvalue weighted by Crippen LogP contribution is -2.53. The minimum absolute atomic E-state index is 0.0468. The van der Waals surface area contributed by atoms with Crippen LogP contribution in [0.5, 0.6) is 0 Å². The Kier molecular flexibility index (Phi) is 5.54. The third-order valence-electron chi connectivity index (χ3n) is 5.55. The summed E-state index contributed by atoms with van der Waals surface area (Å²) in [5, 5.41) is 16.2. The first-order valence-corrected chi connectivity index (χ1v) is 9.18. The minimum atomic E-state index is -0.238. The van der Waals surface area contributed by atoms with Crippen LogP contribution in [-0.4, -0.2) is 46.2 Å². The molecule has 2 fully saturated rings. The van der Waals surface area contributed by atoms with Crippen LogP contribution in [-0.2, 0) is 11.2 Å². The van der Waals surface area contributed by atoms with Gasteiger partial charge < -0.3 is 20.7 Å². The highest BCUT2D eigenvalue weighted by Crippen LogP contribution is 2.35. The number of aromatic amines is 1. The van der Waals surface area contributed by atoms with Crippen molar-refractivity contribution in [1.82, 2.24) is 20.6 Å². The van der Waals surface area contributed by atoms with E-state index in [1.807, 2.05) is 0 Å². The fraction of sp³-hybridized carbons (Fsp3) is 0.722. The molecule has 1 aromatic rings. The number of aliphatic hydroxyl groups is 1. The van der Waals surface area contributed by atoms with E-state index in [2.05, 4.69) is 20.6 Å². The van der Waals surface area contributed by atoms with E-state index in [1.54, 1.807) is 13.8 Å². The minimum Gasteiger partial charge on any atom is -0.393 e. The van der Waals surface area contributed by atoms with Crippen molar-refractivity contribution >= 4 is 5.91 Å². The van der Waals surface area contributed by atoms with Gasteiger partial charge in [0, 0.05) is 17.3 Å². The number of hydrogen-bond donors (Lipinski definition) is 4. The molecule has 7 heteroatoms. The van der Waals surface area contributed by atoms with Crippen LogP contribution in [0.1, 0.15) is 42.8 Å². The van der Waals surface area contributed by atoms with Crippen molar-refractivity contribution in [2.75, 3.05) is 13.1 Å². The monoisotopic (exact) mass is 348 g/mol. The third-order valence-corrected chi connectivity index (χ3v) is 5.55. The fourth-order valence-corrected chi connectivity index (χ4v) is 4.10. The Morgan fingerprint density at radius 1 is 1.28 bits per heavy atom. The van der Waals surface area contributed by atoms with Gasteiger partial charge in [0.1, 0.15) is 5.82 Å². The first-order chi connectivity index (χ1) is 11.9. The van der Waals surface area contributed by atoms with Crippen molar-refractivity contribution in [2.24, 2.45) is 11.8 Å². The van der Waals surface area contributed by atoms with Crippen molar-refractivity contribution in [3.8, 4) is 0 Å². The lowest BCUT2D eigenvalue weighted by atomic mass is 9.71. The molecule has 1 aliphatic heterocycles. The van der Waals surface area contributed by atoms with E-state index in [1.165, 1.54) is 0 Å². The van der Waals surface area contributed by atoms with Gasteiger partial charge in [-0.25, -0.2) is 4.98 Å². The van der Waals surface area contributed by atoms with Crippen LogP contribution in [0.3, 0.4) is 0 Å². The lowest BCUT2D eigenvalue weighted by Gasteiger charge is -2.43. The van der Waals surface area contributed by atoms with Crippen LogP contribution in [0.2, 0.25) is 0 Å². The summed E-state index contributed by atoms with van der Waals surface area (Å²) >= 11 is 0. The second-order valence-corrected chi connectivity index (χ2v) is 7.46. The molecule has 0 bridgehead atoms. The summed E-state index contributed by atoms with van der Waals surface area (Å²) in [5.74, 6) is 1.18. The summed E-state index contributed by atoms with van der Waals surface area (Å²) in [6.45, 7) is 5.42. The standard InChI is InChI=1S/C18H28N4O3/c1-10-15(18(25)21-11(2)20-10)9-16(24)22-17(13-7-14(23)8-13)12-3-5-19-6-4-12/h12-14,17,19,23H,3-9H2,1-2H3,(H,22,24)(H,20,21,25). The molecule has 0 aromatic carbocycles. The van der Waals surface area contributed by atoms with E-state index in [9.17, 15) is 14.7 Å². The van der Waals surface area contributed by atoms with E-state index in [4.69, 9.17) is 0 Å². The molecule has 1 saturated carbocycles. The number of H-pyrrole nitrogens is 1. The number of hydrogen-bond acceptors (Lipinski definition) is 5. The van der Waals surface area contributed by atoms with Crippen LogP contribution < -0.4 is 16.2 Å². The number of aliphatic hydroxyl groups excluding tert-OH is 1. The van der Waals surface area contributed by atoms with Gasteiger partial charge in [0.25, 0.3) is 5.56 Å². The average Bonchev–Trinajstić information content (AvgIpc) is 2.54. The molecule has 0 spiro atoms. The van der Waals surface area contributed by atoms with E-state index in [0.717, 1.165) is 38.8 Å². The van der Waals surface area contributed by atoms with E-state index in [0.29, 0.717) is 28.9 Å². The Morgan fingerprint density at radius 3 is 2.56 bits per heavy atom. The quantitative estimate of drug-likeness (QED) is 0.607. The zero-order valence-corrected chi connectivity index (χ0v) is 15.0. The van der Waals surface area contributed by atoms with Crippen molar-refractivity contribution < 1.29 is 9.90 Å². The summed E-state index contributed by atoms with van der Waals surface area (Å²) in [6.07, 6.45) is 3.37. The Bertz CT molecular complexity index is 675. The Labute approximate surface area is 147 Å². The summed E-state index contributed by atoms with van der Waals surface area (Å²) in [5.41, 5.74) is 0.798. The highest BCUT2D eigenvalue weighted by atomic mass is 16.3. The maximum atomic E-state index is 12.6. The van der Waals surface area contributed by atoms with Gasteiger partial charge in [0.2, 0.25) is 5.91 Å². The van der Waals surface area contributed by atoms with Crippen LogP contribution >= 0.6 is 0 Å². The van der Waals surface area contributed by atoms with E-state index < -0.39 is 0 Å². The molecular formula is C18H28N4O3. The van der Waals surface area contributed by atoms with Crippen molar-refractivity contribution in [2.45, 2.75) is 58.1 Å². The molecule has 1 saturated heterocycles. The molecule has 2 aliphatic rings. The predicted octanol–water partition coefficient (Wildman–Crippen LogP) is 0.185. The smallest absolute Gasteiger partial charge is 0.254 e. The number of amides is 1. The maximum Gasteiger partial charge on any atom is 0.254 e. The largest absolute Gasteiger partial charge is 0.393 e. The van der Waals surface area contributed by atoms with Gasteiger partial charge in [0.15, 0.2) is 0 Å². The average molecular weight is 348 g/mol. The van der Waals surface area contributed by atoms with Gasteiger partial charge in [-0.15, -0.1) is 0 Å². The maximum absolute atomic E-state index is 12.6. The summed E-state index contributed by atoms with van der Waals surface area (Å²) < 4.78 is 0. The highest BCUT2D eigenvalue weighted by Gasteiger charge is 2.39. The van der Waals surface area contributed by atoms with Gasteiger partial charge in [0.05, 0.1) is 12.5 Å². The van der Waals surface area contributed by atoms with Gasteiger partial charge in [-0.2, -0.15) is 0 Å². The number of carbonyl (C=O) groups excluding carboxylic acids is 1. The van der Waals surface area contributed by atoms with Gasteiger partial charge in [-0.05, 0) is 64.5 Å². The third kappa shape index (κ3) is 4.27. The number of nitrogens with one attached hydrogen (secondary N) is 3. The molecule has 3 rings (SSSR count). The predicted molar refractivity (Wildman–Crippen MR) is 94.3 cm³/mol. The summed E-state index contributed by atoms with van der Waals surface area (Å²) in [7, 11) is 0. The molecule has 138 valence electrons. The van der Waals surface area contributed by atoms with Crippen molar-refractivity contribution in [3.05, 3.63) is 27.4 Å². The lowest BCUT2D eigenvalue weighted by molar-refractivity contribution is -0.123. The second-order valence-electron chi connectivity index (χ2n) is 7.46. The topological polar surface area (TPSA) is 107 Å². The molecule has 25 heavy (non-hydrogen) atoms. The highest BCUT2D eigenvalue weighted by molar-refractivity contribution is 5.79. The SMILES string of the molecule is Cc1nc(C)c(CC(=O)NC(C2CCNCC2)C2CC(O)C2)c(=O)[nH]1. The normalized spacial score (nSPS) is 25.2. The first kappa shape index (κ1) is 18.1. The summed E-state index contributed by atoms with van der Waals surface area (Å²) in [4.78, 5) is 31.6. The molecule has 2 heterocycles. The fourth-order valence-electron chi connectivity index (χ4n) is 4.10. The number of aromatic nitrogens is 2. The molecular weight excluding hydrogens is 320 g/mol. The Hall–Kier alpha value is -1.73. The van der Waals surface area contributed by atoms with Gasteiger partial charge in [-0.3, -0.25) is 9.59 Å². The molecule has 4 N–H and O–H groups in total. The molecule has 7 nitrogen and oxygen atoms in total.